The minimum atomic E-state index is -0.333. The van der Waals surface area contributed by atoms with E-state index in [1.807, 2.05) is 13.8 Å². The Morgan fingerprint density at radius 2 is 2.00 bits per heavy atom. The molecule has 0 unspecified atom stereocenters. The highest BCUT2D eigenvalue weighted by Crippen LogP contribution is 2.03. The lowest BCUT2D eigenvalue weighted by Crippen LogP contribution is -2.19. The fourth-order valence-electron chi connectivity index (χ4n) is 0.524. The first-order chi connectivity index (χ1) is 3.72. The maximum Gasteiger partial charge on any atom is 0.0585 e. The molecule has 0 aliphatic heterocycles. The molecule has 2 atom stereocenters. The Labute approximate surface area is 50.2 Å². The molecule has 0 aromatic rings. The number of rotatable bonds is 3. The van der Waals surface area contributed by atoms with Crippen molar-refractivity contribution in [2.75, 3.05) is 6.61 Å². The molecule has 8 heavy (non-hydrogen) atoms. The molecule has 0 rings (SSSR count). The van der Waals surface area contributed by atoms with Gasteiger partial charge in [0.2, 0.25) is 0 Å². The first kappa shape index (κ1) is 7.92. The van der Waals surface area contributed by atoms with E-state index in [-0.39, 0.29) is 18.6 Å². The van der Waals surface area contributed by atoms with Crippen molar-refractivity contribution in [2.24, 2.45) is 5.92 Å². The molecule has 2 N–H and O–H groups in total. The van der Waals surface area contributed by atoms with Gasteiger partial charge < -0.3 is 10.2 Å². The minimum absolute atomic E-state index is 0.0278. The second kappa shape index (κ2) is 3.87. The lowest BCUT2D eigenvalue weighted by molar-refractivity contribution is 0.0744. The predicted molar refractivity (Wildman–Crippen MR) is 32.5 cm³/mol. The fraction of sp³-hybridized carbons (Fsp3) is 1.00. The normalized spacial score (nSPS) is 18.0. The average molecular weight is 118 g/mol. The summed E-state index contributed by atoms with van der Waals surface area (Å²) in [6.45, 7) is 3.81. The number of aliphatic hydroxyl groups is 2. The molecule has 0 aliphatic rings. The van der Waals surface area contributed by atoms with Crippen LogP contribution in [-0.2, 0) is 0 Å². The molecule has 0 spiro atoms. The third-order valence-electron chi connectivity index (χ3n) is 1.36. The number of hydrogen-bond acceptors (Lipinski definition) is 2. The molecular formula is C6H14O2. The zero-order valence-corrected chi connectivity index (χ0v) is 5.46. The van der Waals surface area contributed by atoms with E-state index in [1.165, 1.54) is 0 Å². The van der Waals surface area contributed by atoms with Crippen molar-refractivity contribution in [3.8, 4) is 0 Å². The molecule has 0 amide bonds. The van der Waals surface area contributed by atoms with Crippen molar-refractivity contribution in [2.45, 2.75) is 26.4 Å². The van der Waals surface area contributed by atoms with Gasteiger partial charge in [-0.25, -0.2) is 0 Å². The van der Waals surface area contributed by atoms with E-state index in [1.54, 1.807) is 0 Å². The van der Waals surface area contributed by atoms with Crippen molar-refractivity contribution in [1.82, 2.24) is 0 Å². The Kier molecular flexibility index (Phi) is 3.83. The first-order valence-corrected chi connectivity index (χ1v) is 3.01. The van der Waals surface area contributed by atoms with Crippen molar-refractivity contribution < 1.29 is 10.2 Å². The number of hydrogen-bond donors (Lipinski definition) is 2. The maximum atomic E-state index is 8.97. The van der Waals surface area contributed by atoms with Gasteiger partial charge >= 0.3 is 0 Å². The number of aliphatic hydroxyl groups excluding tert-OH is 2. The smallest absolute Gasteiger partial charge is 0.0585 e. The van der Waals surface area contributed by atoms with Crippen LogP contribution in [0.2, 0.25) is 0 Å². The highest BCUT2D eigenvalue weighted by Gasteiger charge is 2.08. The standard InChI is InChI=1S/C6H14O2/c1-3-6(8)5(2)4-7/h5-8H,3-4H2,1-2H3/t5-,6+/m1/s1. The summed E-state index contributed by atoms with van der Waals surface area (Å²) in [5, 5.41) is 17.4. The molecule has 0 bridgehead atoms. The summed E-state index contributed by atoms with van der Waals surface area (Å²) < 4.78 is 0. The van der Waals surface area contributed by atoms with Gasteiger partial charge in [0.15, 0.2) is 0 Å². The summed E-state index contributed by atoms with van der Waals surface area (Å²) in [5.41, 5.74) is 0. The van der Waals surface area contributed by atoms with Crippen LogP contribution in [0.1, 0.15) is 20.3 Å². The first-order valence-electron chi connectivity index (χ1n) is 3.01. The zero-order chi connectivity index (χ0) is 6.57. The van der Waals surface area contributed by atoms with Crippen LogP contribution in [0.25, 0.3) is 0 Å². The molecule has 0 heterocycles. The Bertz CT molecular complexity index is 46.5. The molecule has 2 heteroatoms. The van der Waals surface area contributed by atoms with Gasteiger partial charge in [-0.15, -0.1) is 0 Å². The highest BCUT2D eigenvalue weighted by molar-refractivity contribution is 4.59. The van der Waals surface area contributed by atoms with Gasteiger partial charge in [-0.3, -0.25) is 0 Å². The fourth-order valence-corrected chi connectivity index (χ4v) is 0.524. The van der Waals surface area contributed by atoms with Crippen molar-refractivity contribution in [3.63, 3.8) is 0 Å². The molecular weight excluding hydrogens is 104 g/mol. The van der Waals surface area contributed by atoms with Crippen LogP contribution in [0, 0.1) is 5.92 Å². The van der Waals surface area contributed by atoms with Crippen molar-refractivity contribution in [1.29, 1.82) is 0 Å². The Morgan fingerprint density at radius 3 is 2.12 bits per heavy atom. The maximum absolute atomic E-state index is 8.97. The molecule has 2 nitrogen and oxygen atoms in total. The van der Waals surface area contributed by atoms with Crippen LogP contribution in [0.5, 0.6) is 0 Å². The van der Waals surface area contributed by atoms with Crippen molar-refractivity contribution >= 4 is 0 Å². The topological polar surface area (TPSA) is 40.5 Å². The third-order valence-corrected chi connectivity index (χ3v) is 1.36. The Morgan fingerprint density at radius 1 is 1.50 bits per heavy atom. The second-order valence-electron chi connectivity index (χ2n) is 2.14. The lowest BCUT2D eigenvalue weighted by Gasteiger charge is -2.12. The molecule has 0 saturated carbocycles. The van der Waals surface area contributed by atoms with Crippen LogP contribution in [0.3, 0.4) is 0 Å². The SMILES string of the molecule is CC[C@H](O)[C@H](C)CO. The summed E-state index contributed by atoms with van der Waals surface area (Å²) in [7, 11) is 0. The molecule has 0 saturated heterocycles. The summed E-state index contributed by atoms with van der Waals surface area (Å²) in [6.07, 6.45) is 0.391. The molecule has 0 aliphatic carbocycles. The molecule has 0 aromatic heterocycles. The van der Waals surface area contributed by atoms with Crippen LogP contribution < -0.4 is 0 Å². The average Bonchev–Trinajstić information content (AvgIpc) is 1.84. The largest absolute Gasteiger partial charge is 0.396 e. The predicted octanol–water partition coefficient (Wildman–Crippen LogP) is 0.386. The quantitative estimate of drug-likeness (QED) is 0.562. The summed E-state index contributed by atoms with van der Waals surface area (Å²) in [4.78, 5) is 0. The highest BCUT2D eigenvalue weighted by atomic mass is 16.3. The molecule has 50 valence electrons. The molecule has 0 radical (unpaired) electrons. The van der Waals surface area contributed by atoms with Crippen molar-refractivity contribution in [3.05, 3.63) is 0 Å². The zero-order valence-electron chi connectivity index (χ0n) is 5.46. The van der Waals surface area contributed by atoms with E-state index >= 15 is 0 Å². The van der Waals surface area contributed by atoms with E-state index in [2.05, 4.69) is 0 Å². The van der Waals surface area contributed by atoms with Gasteiger partial charge in [0, 0.05) is 12.5 Å². The molecule has 0 aromatic carbocycles. The lowest BCUT2D eigenvalue weighted by atomic mass is 10.0. The monoisotopic (exact) mass is 118 g/mol. The van der Waals surface area contributed by atoms with Gasteiger partial charge in [-0.1, -0.05) is 13.8 Å². The van der Waals surface area contributed by atoms with Crippen LogP contribution >= 0.6 is 0 Å². The Hall–Kier alpha value is -0.0800. The van der Waals surface area contributed by atoms with E-state index in [4.69, 9.17) is 10.2 Å². The minimum Gasteiger partial charge on any atom is -0.396 e. The second-order valence-corrected chi connectivity index (χ2v) is 2.14. The molecule has 0 fully saturated rings. The van der Waals surface area contributed by atoms with E-state index in [9.17, 15) is 0 Å². The third kappa shape index (κ3) is 2.28. The Balaban J connectivity index is 3.29. The van der Waals surface area contributed by atoms with Crippen LogP contribution in [-0.4, -0.2) is 22.9 Å². The van der Waals surface area contributed by atoms with E-state index < -0.39 is 0 Å². The van der Waals surface area contributed by atoms with E-state index in [0.717, 1.165) is 6.42 Å². The summed E-state index contributed by atoms with van der Waals surface area (Å²) in [6, 6.07) is 0. The van der Waals surface area contributed by atoms with Gasteiger partial charge in [0.1, 0.15) is 0 Å². The van der Waals surface area contributed by atoms with E-state index in [0.29, 0.717) is 0 Å². The van der Waals surface area contributed by atoms with Gasteiger partial charge in [0.05, 0.1) is 6.10 Å². The van der Waals surface area contributed by atoms with Crippen LogP contribution in [0.15, 0.2) is 0 Å². The summed E-state index contributed by atoms with van der Waals surface area (Å²) >= 11 is 0. The van der Waals surface area contributed by atoms with Gasteiger partial charge in [0.25, 0.3) is 0 Å². The van der Waals surface area contributed by atoms with Crippen LogP contribution in [0.4, 0.5) is 0 Å². The van der Waals surface area contributed by atoms with Gasteiger partial charge in [-0.2, -0.15) is 0 Å². The van der Waals surface area contributed by atoms with Gasteiger partial charge in [-0.05, 0) is 6.42 Å². The summed E-state index contributed by atoms with van der Waals surface area (Å²) in [5.74, 6) is 0.0278.